The molecule has 0 aliphatic heterocycles. The highest BCUT2D eigenvalue weighted by molar-refractivity contribution is 7.08. The van der Waals surface area contributed by atoms with Crippen molar-refractivity contribution in [3.63, 3.8) is 0 Å². The van der Waals surface area contributed by atoms with Crippen LogP contribution in [0.5, 0.6) is 0 Å². The molecule has 4 heteroatoms. The van der Waals surface area contributed by atoms with Gasteiger partial charge in [-0.1, -0.05) is 0 Å². The maximum atomic E-state index is 11.5. The number of ketones is 1. The Hall–Kier alpha value is -1.32. The Morgan fingerprint density at radius 1 is 1.40 bits per heavy atom. The molecule has 0 amide bonds. The van der Waals surface area contributed by atoms with E-state index in [1.54, 1.807) is 24.3 Å². The van der Waals surface area contributed by atoms with Crippen molar-refractivity contribution in [2.24, 2.45) is 0 Å². The van der Waals surface area contributed by atoms with Gasteiger partial charge in [-0.05, 0) is 47.3 Å². The van der Waals surface area contributed by atoms with Gasteiger partial charge in [0, 0.05) is 10.9 Å². The molecule has 2 heterocycles. The Balaban J connectivity index is 2.09. The largest absolute Gasteiger partial charge is 0.445 e. The van der Waals surface area contributed by atoms with Crippen LogP contribution in [0, 0.1) is 0 Å². The molecule has 0 spiro atoms. The van der Waals surface area contributed by atoms with Gasteiger partial charge in [-0.25, -0.2) is 0 Å². The summed E-state index contributed by atoms with van der Waals surface area (Å²) in [6.45, 7) is 0. The molecule has 76 valence electrons. The van der Waals surface area contributed by atoms with E-state index in [1.165, 1.54) is 17.4 Å². The molecular formula is C11H7ClO2S. The van der Waals surface area contributed by atoms with Crippen molar-refractivity contribution in [3.05, 3.63) is 51.6 Å². The highest BCUT2D eigenvalue weighted by atomic mass is 35.5. The van der Waals surface area contributed by atoms with Gasteiger partial charge in [-0.2, -0.15) is 11.3 Å². The Kier molecular flexibility index (Phi) is 3.04. The predicted octanol–water partition coefficient (Wildman–Crippen LogP) is 3.89. The van der Waals surface area contributed by atoms with Crippen molar-refractivity contribution in [2.45, 2.75) is 0 Å². The maximum absolute atomic E-state index is 11.5. The quantitative estimate of drug-likeness (QED) is 0.600. The number of thiophene rings is 1. The summed E-state index contributed by atoms with van der Waals surface area (Å²) in [5, 5.41) is 3.99. The van der Waals surface area contributed by atoms with Crippen molar-refractivity contribution in [3.8, 4) is 0 Å². The minimum absolute atomic E-state index is 0.0382. The molecule has 0 aliphatic rings. The molecule has 2 aromatic rings. The molecule has 0 aliphatic carbocycles. The molecule has 2 rings (SSSR count). The zero-order chi connectivity index (χ0) is 10.7. The average molecular weight is 239 g/mol. The van der Waals surface area contributed by atoms with Crippen molar-refractivity contribution in [1.29, 1.82) is 0 Å². The maximum Gasteiger partial charge on any atom is 0.193 e. The second-order valence-electron chi connectivity index (χ2n) is 2.85. The summed E-state index contributed by atoms with van der Waals surface area (Å²) in [5.41, 5.74) is 0.689. The lowest BCUT2D eigenvalue weighted by Crippen LogP contribution is -1.89. The summed E-state index contributed by atoms with van der Waals surface area (Å²) < 4.78 is 5.08. The summed E-state index contributed by atoms with van der Waals surface area (Å²) >= 11 is 7.09. The van der Waals surface area contributed by atoms with Crippen LogP contribution in [0.2, 0.25) is 5.22 Å². The second kappa shape index (κ2) is 4.47. The van der Waals surface area contributed by atoms with Crippen LogP contribution in [0.25, 0.3) is 6.08 Å². The van der Waals surface area contributed by atoms with E-state index in [2.05, 4.69) is 0 Å². The van der Waals surface area contributed by atoms with E-state index in [0.717, 1.165) is 0 Å². The second-order valence-corrected chi connectivity index (χ2v) is 4.00. The van der Waals surface area contributed by atoms with Crippen molar-refractivity contribution in [1.82, 2.24) is 0 Å². The minimum atomic E-state index is -0.0382. The Bertz CT molecular complexity index is 482. The monoisotopic (exact) mass is 238 g/mol. The molecule has 0 aromatic carbocycles. The van der Waals surface area contributed by atoms with Gasteiger partial charge in [-0.15, -0.1) is 0 Å². The predicted molar refractivity (Wildman–Crippen MR) is 61.4 cm³/mol. The van der Waals surface area contributed by atoms with Gasteiger partial charge in [0.1, 0.15) is 5.76 Å². The summed E-state index contributed by atoms with van der Waals surface area (Å²) in [5.74, 6) is 0.535. The molecule has 0 saturated heterocycles. The van der Waals surface area contributed by atoms with Crippen molar-refractivity contribution in [2.75, 3.05) is 0 Å². The Labute approximate surface area is 95.8 Å². The third kappa shape index (κ3) is 2.58. The normalized spacial score (nSPS) is 11.0. The van der Waals surface area contributed by atoms with Crippen LogP contribution in [-0.4, -0.2) is 5.78 Å². The van der Waals surface area contributed by atoms with Crippen LogP contribution in [0.4, 0.5) is 0 Å². The number of carbonyl (C=O) groups is 1. The lowest BCUT2D eigenvalue weighted by atomic mass is 10.2. The van der Waals surface area contributed by atoms with Gasteiger partial charge >= 0.3 is 0 Å². The molecule has 0 atom stereocenters. The van der Waals surface area contributed by atoms with E-state index in [9.17, 15) is 4.79 Å². The lowest BCUT2D eigenvalue weighted by Gasteiger charge is -1.87. The SMILES string of the molecule is O=C(C=Cc1ccc(Cl)o1)c1ccsc1. The Morgan fingerprint density at radius 2 is 2.27 bits per heavy atom. The van der Waals surface area contributed by atoms with E-state index in [-0.39, 0.29) is 5.78 Å². The van der Waals surface area contributed by atoms with Crippen LogP contribution in [0.1, 0.15) is 16.1 Å². The van der Waals surface area contributed by atoms with E-state index in [0.29, 0.717) is 16.5 Å². The average Bonchev–Trinajstić information content (AvgIpc) is 2.84. The zero-order valence-electron chi connectivity index (χ0n) is 7.64. The molecule has 2 nitrogen and oxygen atoms in total. The van der Waals surface area contributed by atoms with E-state index < -0.39 is 0 Å². The first kappa shape index (κ1) is 10.2. The molecule has 0 radical (unpaired) electrons. The van der Waals surface area contributed by atoms with Crippen molar-refractivity contribution >= 4 is 34.8 Å². The van der Waals surface area contributed by atoms with Gasteiger partial charge in [0.25, 0.3) is 0 Å². The van der Waals surface area contributed by atoms with E-state index in [1.807, 2.05) is 10.8 Å². The van der Waals surface area contributed by atoms with Gasteiger partial charge < -0.3 is 4.42 Å². The van der Waals surface area contributed by atoms with Gasteiger partial charge in [0.15, 0.2) is 11.0 Å². The zero-order valence-corrected chi connectivity index (χ0v) is 9.22. The first-order valence-corrected chi connectivity index (χ1v) is 5.58. The topological polar surface area (TPSA) is 30.2 Å². The van der Waals surface area contributed by atoms with E-state index in [4.69, 9.17) is 16.0 Å². The summed E-state index contributed by atoms with van der Waals surface area (Å²) in [4.78, 5) is 11.5. The summed E-state index contributed by atoms with van der Waals surface area (Å²) in [7, 11) is 0. The van der Waals surface area contributed by atoms with Crippen LogP contribution in [0.15, 0.2) is 39.5 Å². The first-order valence-electron chi connectivity index (χ1n) is 4.25. The fourth-order valence-corrected chi connectivity index (χ4v) is 1.87. The number of hydrogen-bond donors (Lipinski definition) is 0. The third-order valence-electron chi connectivity index (χ3n) is 1.80. The van der Waals surface area contributed by atoms with Crippen molar-refractivity contribution < 1.29 is 9.21 Å². The smallest absolute Gasteiger partial charge is 0.193 e. The number of carbonyl (C=O) groups excluding carboxylic acids is 1. The van der Waals surface area contributed by atoms with E-state index >= 15 is 0 Å². The highest BCUT2D eigenvalue weighted by Gasteiger charge is 2.01. The molecule has 0 N–H and O–H groups in total. The molecular weight excluding hydrogens is 232 g/mol. The van der Waals surface area contributed by atoms with Crippen LogP contribution < -0.4 is 0 Å². The van der Waals surface area contributed by atoms with Crippen LogP contribution in [0.3, 0.4) is 0 Å². The Morgan fingerprint density at radius 3 is 2.87 bits per heavy atom. The molecule has 0 saturated carbocycles. The summed E-state index contributed by atoms with van der Waals surface area (Å²) in [6.07, 6.45) is 3.07. The number of hydrogen-bond acceptors (Lipinski definition) is 3. The standard InChI is InChI=1S/C11H7ClO2S/c12-11-4-2-9(14-11)1-3-10(13)8-5-6-15-7-8/h1-7H. The fourth-order valence-electron chi connectivity index (χ4n) is 1.08. The molecule has 15 heavy (non-hydrogen) atoms. The molecule has 0 bridgehead atoms. The molecule has 0 unspecified atom stereocenters. The third-order valence-corrected chi connectivity index (χ3v) is 2.69. The molecule has 2 aromatic heterocycles. The number of allylic oxidation sites excluding steroid dienone is 1. The van der Waals surface area contributed by atoms with Crippen LogP contribution >= 0.6 is 22.9 Å². The number of rotatable bonds is 3. The van der Waals surface area contributed by atoms with Gasteiger partial charge in [-0.3, -0.25) is 4.79 Å². The first-order chi connectivity index (χ1) is 7.25. The lowest BCUT2D eigenvalue weighted by molar-refractivity contribution is 0.104. The van der Waals surface area contributed by atoms with Crippen LogP contribution in [-0.2, 0) is 0 Å². The fraction of sp³-hybridized carbons (Fsp3) is 0. The number of furan rings is 1. The van der Waals surface area contributed by atoms with Gasteiger partial charge in [0.2, 0.25) is 0 Å². The van der Waals surface area contributed by atoms with Gasteiger partial charge in [0.05, 0.1) is 0 Å². The number of halogens is 1. The highest BCUT2D eigenvalue weighted by Crippen LogP contribution is 2.15. The summed E-state index contributed by atoms with van der Waals surface area (Å²) in [6, 6.07) is 5.13. The minimum Gasteiger partial charge on any atom is -0.445 e. The molecule has 0 fully saturated rings.